The second-order valence-electron chi connectivity index (χ2n) is 6.41. The second-order valence-corrected chi connectivity index (χ2v) is 6.41. The predicted octanol–water partition coefficient (Wildman–Crippen LogP) is 4.86. The Morgan fingerprint density at radius 1 is 1.00 bits per heavy atom. The molecular weight excluding hydrogens is 192 g/mol. The van der Waals surface area contributed by atoms with Crippen molar-refractivity contribution < 1.29 is 0 Å². The van der Waals surface area contributed by atoms with E-state index < -0.39 is 0 Å². The van der Waals surface area contributed by atoms with Gasteiger partial charge in [0, 0.05) is 0 Å². The van der Waals surface area contributed by atoms with Crippen LogP contribution in [0.4, 0.5) is 0 Å². The molecule has 0 heteroatoms. The third-order valence-corrected chi connectivity index (χ3v) is 3.49. The van der Waals surface area contributed by atoms with Gasteiger partial charge in [-0.3, -0.25) is 0 Å². The summed E-state index contributed by atoms with van der Waals surface area (Å²) >= 11 is 0. The lowest BCUT2D eigenvalue weighted by Crippen LogP contribution is -2.27. The van der Waals surface area contributed by atoms with Crippen LogP contribution in [0.1, 0.15) is 45.7 Å². The maximum atomic E-state index is 2.35. The molecule has 0 bridgehead atoms. The Morgan fingerprint density at radius 3 is 1.88 bits per heavy atom. The minimum atomic E-state index is 0.388. The standard InChI is InChI=1S/C16H26/c1-12(2)15(16(4,5)6)11-14-9-7-13(3)8-10-14/h7-10,12,15H,11H2,1-6H3. The fourth-order valence-electron chi connectivity index (χ4n) is 2.52. The average molecular weight is 218 g/mol. The van der Waals surface area contributed by atoms with E-state index in [2.05, 4.69) is 65.8 Å². The van der Waals surface area contributed by atoms with E-state index in [9.17, 15) is 0 Å². The van der Waals surface area contributed by atoms with E-state index in [0.717, 1.165) is 11.8 Å². The van der Waals surface area contributed by atoms with Gasteiger partial charge in [0.05, 0.1) is 0 Å². The molecule has 0 aliphatic rings. The summed E-state index contributed by atoms with van der Waals surface area (Å²) in [6, 6.07) is 8.98. The highest BCUT2D eigenvalue weighted by molar-refractivity contribution is 5.22. The Morgan fingerprint density at radius 2 is 1.50 bits per heavy atom. The van der Waals surface area contributed by atoms with E-state index in [1.165, 1.54) is 17.5 Å². The first-order valence-electron chi connectivity index (χ1n) is 6.36. The fourth-order valence-corrected chi connectivity index (χ4v) is 2.52. The lowest BCUT2D eigenvalue weighted by molar-refractivity contribution is 0.177. The van der Waals surface area contributed by atoms with E-state index in [1.807, 2.05) is 0 Å². The maximum Gasteiger partial charge on any atom is -0.0243 e. The van der Waals surface area contributed by atoms with Crippen LogP contribution in [0.25, 0.3) is 0 Å². The summed E-state index contributed by atoms with van der Waals surface area (Å²) in [4.78, 5) is 0. The van der Waals surface area contributed by atoms with Gasteiger partial charge < -0.3 is 0 Å². The van der Waals surface area contributed by atoms with Crippen LogP contribution >= 0.6 is 0 Å². The van der Waals surface area contributed by atoms with Gasteiger partial charge in [-0.15, -0.1) is 0 Å². The molecule has 0 aromatic heterocycles. The summed E-state index contributed by atoms with van der Waals surface area (Å²) in [5, 5.41) is 0. The quantitative estimate of drug-likeness (QED) is 0.680. The highest BCUT2D eigenvalue weighted by Crippen LogP contribution is 2.34. The van der Waals surface area contributed by atoms with Crippen LogP contribution in [0.5, 0.6) is 0 Å². The lowest BCUT2D eigenvalue weighted by Gasteiger charge is -2.34. The van der Waals surface area contributed by atoms with Crippen LogP contribution in [0.3, 0.4) is 0 Å². The number of rotatable bonds is 3. The van der Waals surface area contributed by atoms with E-state index in [0.29, 0.717) is 5.41 Å². The highest BCUT2D eigenvalue weighted by atomic mass is 14.3. The van der Waals surface area contributed by atoms with Gasteiger partial charge in [0.2, 0.25) is 0 Å². The van der Waals surface area contributed by atoms with Gasteiger partial charge in [-0.25, -0.2) is 0 Å². The van der Waals surface area contributed by atoms with Gasteiger partial charge in [0.1, 0.15) is 0 Å². The first kappa shape index (κ1) is 13.3. The molecule has 0 heterocycles. The number of hydrogen-bond donors (Lipinski definition) is 0. The Labute approximate surface area is 101 Å². The van der Waals surface area contributed by atoms with Crippen LogP contribution < -0.4 is 0 Å². The zero-order chi connectivity index (χ0) is 12.3. The van der Waals surface area contributed by atoms with Crippen LogP contribution in [0.15, 0.2) is 24.3 Å². The molecule has 1 unspecified atom stereocenters. The van der Waals surface area contributed by atoms with Crippen LogP contribution in [-0.4, -0.2) is 0 Å². The molecule has 0 N–H and O–H groups in total. The second kappa shape index (κ2) is 5.03. The number of aryl methyl sites for hydroxylation is 1. The molecule has 1 aromatic rings. The molecule has 1 rings (SSSR count). The molecule has 90 valence electrons. The third-order valence-electron chi connectivity index (χ3n) is 3.49. The molecule has 0 aliphatic heterocycles. The zero-order valence-electron chi connectivity index (χ0n) is 11.7. The molecule has 0 amide bonds. The van der Waals surface area contributed by atoms with E-state index >= 15 is 0 Å². The molecule has 0 nitrogen and oxygen atoms in total. The Balaban J connectivity index is 2.80. The Hall–Kier alpha value is -0.780. The van der Waals surface area contributed by atoms with Crippen LogP contribution in [0.2, 0.25) is 0 Å². The molecule has 0 spiro atoms. The molecule has 0 saturated heterocycles. The number of hydrogen-bond acceptors (Lipinski definition) is 0. The Kier molecular flexibility index (Phi) is 4.18. The predicted molar refractivity (Wildman–Crippen MR) is 72.7 cm³/mol. The minimum Gasteiger partial charge on any atom is -0.0625 e. The first-order chi connectivity index (χ1) is 7.30. The summed E-state index contributed by atoms with van der Waals surface area (Å²) in [6.45, 7) is 13.9. The van der Waals surface area contributed by atoms with Gasteiger partial charge in [-0.1, -0.05) is 64.4 Å². The van der Waals surface area contributed by atoms with Gasteiger partial charge in [-0.05, 0) is 36.2 Å². The summed E-state index contributed by atoms with van der Waals surface area (Å²) in [5.74, 6) is 1.48. The summed E-state index contributed by atoms with van der Waals surface area (Å²) in [7, 11) is 0. The van der Waals surface area contributed by atoms with Crippen molar-refractivity contribution in [1.29, 1.82) is 0 Å². The largest absolute Gasteiger partial charge is 0.0625 e. The normalized spacial score (nSPS) is 14.2. The molecule has 0 aliphatic carbocycles. The highest BCUT2D eigenvalue weighted by Gasteiger charge is 2.27. The van der Waals surface area contributed by atoms with Crippen molar-refractivity contribution in [2.24, 2.45) is 17.3 Å². The van der Waals surface area contributed by atoms with Crippen molar-refractivity contribution in [2.45, 2.75) is 48.0 Å². The fraction of sp³-hybridized carbons (Fsp3) is 0.625. The maximum absolute atomic E-state index is 2.35. The van der Waals surface area contributed by atoms with Gasteiger partial charge >= 0.3 is 0 Å². The van der Waals surface area contributed by atoms with Crippen molar-refractivity contribution in [3.05, 3.63) is 35.4 Å². The zero-order valence-corrected chi connectivity index (χ0v) is 11.7. The molecular formula is C16H26. The van der Waals surface area contributed by atoms with Crippen molar-refractivity contribution in [3.63, 3.8) is 0 Å². The van der Waals surface area contributed by atoms with Crippen molar-refractivity contribution in [3.8, 4) is 0 Å². The van der Waals surface area contributed by atoms with E-state index in [4.69, 9.17) is 0 Å². The van der Waals surface area contributed by atoms with Crippen molar-refractivity contribution in [2.75, 3.05) is 0 Å². The van der Waals surface area contributed by atoms with Crippen LogP contribution in [0, 0.1) is 24.2 Å². The summed E-state index contributed by atoms with van der Waals surface area (Å²) in [6.07, 6.45) is 1.20. The number of benzene rings is 1. The van der Waals surface area contributed by atoms with E-state index in [1.54, 1.807) is 0 Å². The summed E-state index contributed by atoms with van der Waals surface area (Å²) in [5.41, 5.74) is 3.21. The third kappa shape index (κ3) is 3.66. The SMILES string of the molecule is Cc1ccc(CC(C(C)C)C(C)(C)C)cc1. The Bertz CT molecular complexity index is 311. The molecule has 0 saturated carbocycles. The van der Waals surface area contributed by atoms with Gasteiger partial charge in [0.25, 0.3) is 0 Å². The van der Waals surface area contributed by atoms with Crippen LogP contribution in [-0.2, 0) is 6.42 Å². The summed E-state index contributed by atoms with van der Waals surface area (Å²) < 4.78 is 0. The molecule has 16 heavy (non-hydrogen) atoms. The van der Waals surface area contributed by atoms with Gasteiger partial charge in [-0.2, -0.15) is 0 Å². The molecule has 0 radical (unpaired) electrons. The van der Waals surface area contributed by atoms with Crippen molar-refractivity contribution >= 4 is 0 Å². The average Bonchev–Trinajstić information content (AvgIpc) is 2.14. The van der Waals surface area contributed by atoms with Gasteiger partial charge in [0.15, 0.2) is 0 Å². The minimum absolute atomic E-state index is 0.388. The van der Waals surface area contributed by atoms with E-state index in [-0.39, 0.29) is 0 Å². The molecule has 1 aromatic carbocycles. The first-order valence-corrected chi connectivity index (χ1v) is 6.36. The topological polar surface area (TPSA) is 0 Å². The lowest BCUT2D eigenvalue weighted by atomic mass is 9.71. The molecule has 1 atom stereocenters. The monoisotopic (exact) mass is 218 g/mol. The smallest absolute Gasteiger partial charge is 0.0243 e. The van der Waals surface area contributed by atoms with Crippen molar-refractivity contribution in [1.82, 2.24) is 0 Å². The molecule has 0 fully saturated rings.